The van der Waals surface area contributed by atoms with Crippen LogP contribution in [0.1, 0.15) is 19.3 Å². The zero-order valence-corrected chi connectivity index (χ0v) is 8.18. The molecule has 0 atom stereocenters. The van der Waals surface area contributed by atoms with Crippen LogP contribution in [0.3, 0.4) is 0 Å². The Morgan fingerprint density at radius 2 is 2.30 bits per heavy atom. The molecule has 0 radical (unpaired) electrons. The molecule has 0 rings (SSSR count). The van der Waals surface area contributed by atoms with Crippen molar-refractivity contribution in [2.45, 2.75) is 19.3 Å². The van der Waals surface area contributed by atoms with Gasteiger partial charge in [-0.15, -0.1) is 0 Å². The van der Waals surface area contributed by atoms with Crippen LogP contribution in [-0.2, 0) is 9.63 Å². The second-order valence-corrected chi connectivity index (χ2v) is 2.95. The van der Waals surface area contributed by atoms with Crippen LogP contribution in [0, 0.1) is 0 Å². The molecular formula is C6H12INO2. The van der Waals surface area contributed by atoms with Crippen molar-refractivity contribution in [1.29, 1.82) is 0 Å². The van der Waals surface area contributed by atoms with E-state index in [0.29, 0.717) is 6.42 Å². The van der Waals surface area contributed by atoms with Gasteiger partial charge in [0.05, 0.1) is 7.11 Å². The normalized spacial score (nSPS) is 9.40. The van der Waals surface area contributed by atoms with Gasteiger partial charge in [0, 0.05) is 6.42 Å². The van der Waals surface area contributed by atoms with E-state index in [2.05, 4.69) is 32.9 Å². The summed E-state index contributed by atoms with van der Waals surface area (Å²) in [6, 6.07) is 0. The first-order valence-electron chi connectivity index (χ1n) is 3.19. The Kier molecular flexibility index (Phi) is 7.39. The van der Waals surface area contributed by atoms with Crippen LogP contribution in [0.4, 0.5) is 0 Å². The molecule has 0 aromatic heterocycles. The maximum atomic E-state index is 10.7. The van der Waals surface area contributed by atoms with Crippen LogP contribution in [0.15, 0.2) is 0 Å². The molecule has 0 aliphatic heterocycles. The van der Waals surface area contributed by atoms with Crippen LogP contribution in [0.2, 0.25) is 0 Å². The Balaban J connectivity index is 3.05. The number of nitrogens with one attached hydrogen (secondary N) is 1. The predicted molar refractivity (Wildman–Crippen MR) is 47.9 cm³/mol. The molecule has 10 heavy (non-hydrogen) atoms. The molecule has 0 heterocycles. The molecule has 3 nitrogen and oxygen atoms in total. The average Bonchev–Trinajstić information content (AvgIpc) is 1.89. The number of rotatable bonds is 5. The molecule has 0 aromatic carbocycles. The third kappa shape index (κ3) is 6.28. The molecular weight excluding hydrogens is 245 g/mol. The van der Waals surface area contributed by atoms with Gasteiger partial charge in [-0.3, -0.25) is 9.63 Å². The fourth-order valence-electron chi connectivity index (χ4n) is 0.545. The second kappa shape index (κ2) is 7.27. The SMILES string of the molecule is CONC(=O)CCCCI. The smallest absolute Gasteiger partial charge is 0.243 e. The monoisotopic (exact) mass is 257 g/mol. The Morgan fingerprint density at radius 3 is 2.80 bits per heavy atom. The summed E-state index contributed by atoms with van der Waals surface area (Å²) in [7, 11) is 1.44. The number of unbranched alkanes of at least 4 members (excludes halogenated alkanes) is 1. The minimum atomic E-state index is -0.0349. The lowest BCUT2D eigenvalue weighted by Crippen LogP contribution is -2.21. The van der Waals surface area contributed by atoms with Gasteiger partial charge in [-0.25, -0.2) is 5.48 Å². The van der Waals surface area contributed by atoms with Gasteiger partial charge in [0.1, 0.15) is 0 Å². The van der Waals surface area contributed by atoms with Crippen molar-refractivity contribution in [2.75, 3.05) is 11.5 Å². The lowest BCUT2D eigenvalue weighted by atomic mass is 10.2. The van der Waals surface area contributed by atoms with Crippen LogP contribution in [0.25, 0.3) is 0 Å². The van der Waals surface area contributed by atoms with Gasteiger partial charge in [-0.05, 0) is 17.3 Å². The highest BCUT2D eigenvalue weighted by atomic mass is 127. The fraction of sp³-hybridized carbons (Fsp3) is 0.833. The highest BCUT2D eigenvalue weighted by molar-refractivity contribution is 14.1. The van der Waals surface area contributed by atoms with Gasteiger partial charge in [0.15, 0.2) is 0 Å². The van der Waals surface area contributed by atoms with E-state index in [0.717, 1.165) is 17.3 Å². The van der Waals surface area contributed by atoms with E-state index in [4.69, 9.17) is 0 Å². The van der Waals surface area contributed by atoms with Crippen molar-refractivity contribution in [3.8, 4) is 0 Å². The third-order valence-electron chi connectivity index (χ3n) is 1.00. The molecule has 0 fully saturated rings. The number of hydrogen-bond acceptors (Lipinski definition) is 2. The van der Waals surface area contributed by atoms with Crippen molar-refractivity contribution < 1.29 is 9.63 Å². The lowest BCUT2D eigenvalue weighted by Gasteiger charge is -1.99. The summed E-state index contributed by atoms with van der Waals surface area (Å²) in [5, 5.41) is 0. The van der Waals surface area contributed by atoms with E-state index >= 15 is 0 Å². The minimum absolute atomic E-state index is 0.0349. The zero-order valence-electron chi connectivity index (χ0n) is 6.02. The fourth-order valence-corrected chi connectivity index (χ4v) is 1.08. The molecule has 0 saturated heterocycles. The Bertz CT molecular complexity index is 97.7. The summed E-state index contributed by atoms with van der Waals surface area (Å²) in [6.07, 6.45) is 2.60. The number of hydroxylamine groups is 1. The van der Waals surface area contributed by atoms with Gasteiger partial charge >= 0.3 is 0 Å². The standard InChI is InChI=1S/C6H12INO2/c1-10-8-6(9)4-2-3-5-7/h2-5H2,1H3,(H,8,9). The predicted octanol–water partition coefficient (Wildman–Crippen LogP) is 1.27. The van der Waals surface area contributed by atoms with E-state index in [1.165, 1.54) is 7.11 Å². The number of halogens is 1. The Morgan fingerprint density at radius 1 is 1.60 bits per heavy atom. The van der Waals surface area contributed by atoms with Crippen molar-refractivity contribution in [2.24, 2.45) is 0 Å². The van der Waals surface area contributed by atoms with E-state index in [1.807, 2.05) is 0 Å². The summed E-state index contributed by atoms with van der Waals surface area (Å²) in [6.45, 7) is 0. The van der Waals surface area contributed by atoms with Crippen LogP contribution >= 0.6 is 22.6 Å². The molecule has 1 N–H and O–H groups in total. The molecule has 0 spiro atoms. The first kappa shape index (κ1) is 10.2. The molecule has 0 unspecified atom stereocenters. The van der Waals surface area contributed by atoms with Gasteiger partial charge in [-0.1, -0.05) is 22.6 Å². The maximum absolute atomic E-state index is 10.7. The molecule has 0 aliphatic carbocycles. The van der Waals surface area contributed by atoms with Crippen molar-refractivity contribution in [1.82, 2.24) is 5.48 Å². The van der Waals surface area contributed by atoms with Crippen LogP contribution < -0.4 is 5.48 Å². The number of carbonyl (C=O) groups is 1. The van der Waals surface area contributed by atoms with Gasteiger partial charge in [-0.2, -0.15) is 0 Å². The molecule has 0 bridgehead atoms. The molecule has 0 saturated carbocycles. The molecule has 0 aliphatic rings. The number of amides is 1. The van der Waals surface area contributed by atoms with Crippen molar-refractivity contribution in [3.05, 3.63) is 0 Å². The highest BCUT2D eigenvalue weighted by Crippen LogP contribution is 1.98. The first-order chi connectivity index (χ1) is 4.81. The quantitative estimate of drug-likeness (QED) is 0.348. The summed E-state index contributed by atoms with van der Waals surface area (Å²) in [5.74, 6) is -0.0349. The van der Waals surface area contributed by atoms with E-state index in [1.54, 1.807) is 0 Å². The summed E-state index contributed by atoms with van der Waals surface area (Å²) >= 11 is 2.29. The molecule has 60 valence electrons. The van der Waals surface area contributed by atoms with E-state index < -0.39 is 0 Å². The molecule has 4 heteroatoms. The summed E-state index contributed by atoms with van der Waals surface area (Å²) < 4.78 is 1.11. The van der Waals surface area contributed by atoms with E-state index in [-0.39, 0.29) is 5.91 Å². The third-order valence-corrected chi connectivity index (χ3v) is 1.77. The number of hydrogen-bond donors (Lipinski definition) is 1. The summed E-state index contributed by atoms with van der Waals surface area (Å²) in [5.41, 5.74) is 2.26. The van der Waals surface area contributed by atoms with Crippen LogP contribution in [-0.4, -0.2) is 17.4 Å². The van der Waals surface area contributed by atoms with Crippen molar-refractivity contribution in [3.63, 3.8) is 0 Å². The number of alkyl halides is 1. The molecule has 1 amide bonds. The minimum Gasteiger partial charge on any atom is -0.277 e. The second-order valence-electron chi connectivity index (χ2n) is 1.88. The Hall–Kier alpha value is 0.160. The summed E-state index contributed by atoms with van der Waals surface area (Å²) in [4.78, 5) is 15.1. The lowest BCUT2D eigenvalue weighted by molar-refractivity contribution is -0.131. The first-order valence-corrected chi connectivity index (χ1v) is 4.71. The van der Waals surface area contributed by atoms with E-state index in [9.17, 15) is 4.79 Å². The van der Waals surface area contributed by atoms with Crippen LogP contribution in [0.5, 0.6) is 0 Å². The van der Waals surface area contributed by atoms with Crippen molar-refractivity contribution >= 4 is 28.5 Å². The average molecular weight is 257 g/mol. The largest absolute Gasteiger partial charge is 0.277 e. The topological polar surface area (TPSA) is 38.3 Å². The highest BCUT2D eigenvalue weighted by Gasteiger charge is 1.97. The maximum Gasteiger partial charge on any atom is 0.243 e. The Labute approximate surface area is 74.6 Å². The number of carbonyl (C=O) groups excluding carboxylic acids is 1. The molecule has 0 aromatic rings. The zero-order chi connectivity index (χ0) is 7.82. The van der Waals surface area contributed by atoms with Gasteiger partial charge in [0.2, 0.25) is 5.91 Å². The van der Waals surface area contributed by atoms with Gasteiger partial charge in [0.25, 0.3) is 0 Å². The van der Waals surface area contributed by atoms with Gasteiger partial charge < -0.3 is 0 Å².